The largest absolute Gasteiger partial charge is 0.469 e. The number of methoxy groups -OCH3 is 1. The molecule has 1 aliphatic carbocycles. The summed E-state index contributed by atoms with van der Waals surface area (Å²) >= 11 is 0. The highest BCUT2D eigenvalue weighted by Gasteiger charge is 2.24. The molecule has 0 aromatic heterocycles. The highest BCUT2D eigenvalue weighted by atomic mass is 16.5. The highest BCUT2D eigenvalue weighted by molar-refractivity contribution is 5.95. The van der Waals surface area contributed by atoms with Crippen LogP contribution >= 0.6 is 0 Å². The molecule has 1 saturated carbocycles. The van der Waals surface area contributed by atoms with E-state index in [9.17, 15) is 14.4 Å². The third kappa shape index (κ3) is 6.95. The number of benzene rings is 2. The van der Waals surface area contributed by atoms with Crippen LogP contribution in [0.2, 0.25) is 0 Å². The summed E-state index contributed by atoms with van der Waals surface area (Å²) < 4.78 is 4.77. The Morgan fingerprint density at radius 2 is 1.61 bits per heavy atom. The molecule has 6 heteroatoms. The number of carbonyl (C=O) groups excluding carboxylic acids is 3. The standard InChI is InChI=1S/C25H30N2O4/c1-31-24(29)17-18-7-9-19(10-8-18)20-11-13-22(14-12-20)27-23(28)15-16-26-25(30)21-5-3-2-4-6-21/h2-6,11-14,18-19H,7-10,15-17H2,1H3,(H,26,30)(H,27,28). The number of esters is 1. The second kappa shape index (κ2) is 11.3. The molecule has 164 valence electrons. The fourth-order valence-electron chi connectivity index (χ4n) is 4.06. The number of hydrogen-bond acceptors (Lipinski definition) is 4. The van der Waals surface area contributed by atoms with Gasteiger partial charge in [0.05, 0.1) is 7.11 Å². The second-order valence-electron chi connectivity index (χ2n) is 8.04. The number of anilines is 1. The lowest BCUT2D eigenvalue weighted by atomic mass is 9.77. The Balaban J connectivity index is 1.39. The Bertz CT molecular complexity index is 872. The Morgan fingerprint density at radius 3 is 2.26 bits per heavy atom. The number of carbonyl (C=O) groups is 3. The van der Waals surface area contributed by atoms with Crippen molar-refractivity contribution in [1.82, 2.24) is 5.32 Å². The van der Waals surface area contributed by atoms with Crippen molar-refractivity contribution in [2.45, 2.75) is 44.4 Å². The molecule has 0 spiro atoms. The van der Waals surface area contributed by atoms with E-state index in [1.807, 2.05) is 18.2 Å². The van der Waals surface area contributed by atoms with Crippen molar-refractivity contribution in [3.05, 3.63) is 65.7 Å². The van der Waals surface area contributed by atoms with Gasteiger partial charge in [-0.1, -0.05) is 30.3 Å². The van der Waals surface area contributed by atoms with Gasteiger partial charge < -0.3 is 15.4 Å². The van der Waals surface area contributed by atoms with Crippen molar-refractivity contribution >= 4 is 23.5 Å². The molecule has 6 nitrogen and oxygen atoms in total. The van der Waals surface area contributed by atoms with E-state index in [2.05, 4.69) is 22.8 Å². The fraction of sp³-hybridized carbons (Fsp3) is 0.400. The summed E-state index contributed by atoms with van der Waals surface area (Å²) in [5.41, 5.74) is 2.60. The third-order valence-corrected chi connectivity index (χ3v) is 5.87. The van der Waals surface area contributed by atoms with E-state index in [4.69, 9.17) is 4.74 Å². The van der Waals surface area contributed by atoms with Gasteiger partial charge in [0.1, 0.15) is 0 Å². The van der Waals surface area contributed by atoms with E-state index < -0.39 is 0 Å². The molecule has 2 aromatic carbocycles. The van der Waals surface area contributed by atoms with Crippen LogP contribution < -0.4 is 10.6 Å². The number of hydrogen-bond donors (Lipinski definition) is 2. The Hall–Kier alpha value is -3.15. The third-order valence-electron chi connectivity index (χ3n) is 5.87. The smallest absolute Gasteiger partial charge is 0.305 e. The van der Waals surface area contributed by atoms with Gasteiger partial charge >= 0.3 is 5.97 Å². The number of nitrogens with one attached hydrogen (secondary N) is 2. The predicted molar refractivity (Wildman–Crippen MR) is 120 cm³/mol. The molecule has 0 heterocycles. The van der Waals surface area contributed by atoms with Gasteiger partial charge in [0.2, 0.25) is 5.91 Å². The van der Waals surface area contributed by atoms with Crippen LogP contribution in [0.1, 0.15) is 60.4 Å². The minimum Gasteiger partial charge on any atom is -0.469 e. The summed E-state index contributed by atoms with van der Waals surface area (Å²) in [5, 5.41) is 5.64. The van der Waals surface area contributed by atoms with E-state index in [1.54, 1.807) is 24.3 Å². The zero-order valence-corrected chi connectivity index (χ0v) is 17.9. The zero-order valence-electron chi connectivity index (χ0n) is 17.9. The normalized spacial score (nSPS) is 18.1. The van der Waals surface area contributed by atoms with Crippen LogP contribution in [-0.4, -0.2) is 31.4 Å². The van der Waals surface area contributed by atoms with Crippen LogP contribution in [0.3, 0.4) is 0 Å². The van der Waals surface area contributed by atoms with Crippen molar-refractivity contribution in [3.8, 4) is 0 Å². The fourth-order valence-corrected chi connectivity index (χ4v) is 4.06. The van der Waals surface area contributed by atoms with Gasteiger partial charge in [-0.3, -0.25) is 14.4 Å². The summed E-state index contributed by atoms with van der Waals surface area (Å²) in [6.45, 7) is 0.284. The van der Waals surface area contributed by atoms with E-state index in [-0.39, 0.29) is 30.7 Å². The lowest BCUT2D eigenvalue weighted by Crippen LogP contribution is -2.27. The summed E-state index contributed by atoms with van der Waals surface area (Å²) in [7, 11) is 1.44. The predicted octanol–water partition coefficient (Wildman–Crippen LogP) is 4.28. The summed E-state index contributed by atoms with van der Waals surface area (Å²) in [6, 6.07) is 16.9. The lowest BCUT2D eigenvalue weighted by molar-refractivity contribution is -0.142. The first-order chi connectivity index (χ1) is 15.0. The molecule has 1 fully saturated rings. The summed E-state index contributed by atoms with van der Waals surface area (Å²) in [5.74, 6) is 0.475. The Labute approximate surface area is 183 Å². The Morgan fingerprint density at radius 1 is 0.935 bits per heavy atom. The van der Waals surface area contributed by atoms with Gasteiger partial charge in [-0.15, -0.1) is 0 Å². The first-order valence-electron chi connectivity index (χ1n) is 10.8. The van der Waals surface area contributed by atoms with Gasteiger partial charge in [0, 0.05) is 30.6 Å². The monoisotopic (exact) mass is 422 g/mol. The van der Waals surface area contributed by atoms with Crippen LogP contribution in [-0.2, 0) is 14.3 Å². The van der Waals surface area contributed by atoms with E-state index in [0.29, 0.717) is 23.8 Å². The first-order valence-corrected chi connectivity index (χ1v) is 10.8. The highest BCUT2D eigenvalue weighted by Crippen LogP contribution is 2.37. The molecule has 0 aliphatic heterocycles. The van der Waals surface area contributed by atoms with Gasteiger partial charge in [-0.2, -0.15) is 0 Å². The minimum atomic E-state index is -0.181. The maximum Gasteiger partial charge on any atom is 0.305 e. The molecule has 3 rings (SSSR count). The van der Waals surface area contributed by atoms with Gasteiger partial charge in [-0.05, 0) is 67.3 Å². The molecule has 1 aliphatic rings. The van der Waals surface area contributed by atoms with E-state index >= 15 is 0 Å². The van der Waals surface area contributed by atoms with E-state index in [0.717, 1.165) is 31.4 Å². The van der Waals surface area contributed by atoms with Crippen LogP contribution in [0.4, 0.5) is 5.69 Å². The molecule has 0 unspecified atom stereocenters. The van der Waals surface area contributed by atoms with Crippen molar-refractivity contribution in [2.24, 2.45) is 5.92 Å². The molecular weight excluding hydrogens is 392 g/mol. The number of amides is 2. The summed E-state index contributed by atoms with van der Waals surface area (Å²) in [6.07, 6.45) is 4.92. The molecular formula is C25H30N2O4. The number of ether oxygens (including phenoxy) is 1. The first kappa shape index (κ1) is 22.5. The second-order valence-corrected chi connectivity index (χ2v) is 8.04. The van der Waals surface area contributed by atoms with Crippen molar-refractivity contribution < 1.29 is 19.1 Å². The maximum atomic E-state index is 12.2. The molecule has 0 bridgehead atoms. The molecule has 31 heavy (non-hydrogen) atoms. The minimum absolute atomic E-state index is 0.122. The van der Waals surface area contributed by atoms with Crippen LogP contribution in [0.5, 0.6) is 0 Å². The molecule has 2 N–H and O–H groups in total. The SMILES string of the molecule is COC(=O)CC1CCC(c2ccc(NC(=O)CCNC(=O)c3ccccc3)cc2)CC1. The molecule has 0 saturated heterocycles. The topological polar surface area (TPSA) is 84.5 Å². The molecule has 0 atom stereocenters. The van der Waals surface area contributed by atoms with Gasteiger partial charge in [0.15, 0.2) is 0 Å². The van der Waals surface area contributed by atoms with Gasteiger partial charge in [-0.25, -0.2) is 0 Å². The number of rotatable bonds is 8. The molecule has 2 amide bonds. The van der Waals surface area contributed by atoms with Crippen molar-refractivity contribution in [1.29, 1.82) is 0 Å². The van der Waals surface area contributed by atoms with E-state index in [1.165, 1.54) is 12.7 Å². The average molecular weight is 423 g/mol. The average Bonchev–Trinajstić information content (AvgIpc) is 2.80. The molecule has 2 aromatic rings. The van der Waals surface area contributed by atoms with Crippen molar-refractivity contribution in [3.63, 3.8) is 0 Å². The molecule has 0 radical (unpaired) electrons. The quantitative estimate of drug-likeness (QED) is 0.622. The zero-order chi connectivity index (χ0) is 22.1. The van der Waals surface area contributed by atoms with Crippen LogP contribution in [0.25, 0.3) is 0 Å². The lowest BCUT2D eigenvalue weighted by Gasteiger charge is -2.28. The van der Waals surface area contributed by atoms with Crippen molar-refractivity contribution in [2.75, 3.05) is 19.0 Å². The van der Waals surface area contributed by atoms with Gasteiger partial charge in [0.25, 0.3) is 5.91 Å². The van der Waals surface area contributed by atoms with Crippen LogP contribution in [0.15, 0.2) is 54.6 Å². The van der Waals surface area contributed by atoms with Crippen LogP contribution in [0, 0.1) is 5.92 Å². The maximum absolute atomic E-state index is 12.2. The summed E-state index contributed by atoms with van der Waals surface area (Å²) in [4.78, 5) is 35.6. The Kier molecular flexibility index (Phi) is 8.21.